The minimum absolute atomic E-state index is 0.0330. The molecule has 2 rings (SSSR count). The van der Waals surface area contributed by atoms with Crippen molar-refractivity contribution in [3.05, 3.63) is 29.3 Å². The molecule has 0 atom stereocenters. The fourth-order valence-electron chi connectivity index (χ4n) is 2.20. The van der Waals surface area contributed by atoms with Gasteiger partial charge in [-0.25, -0.2) is 8.78 Å². The highest BCUT2D eigenvalue weighted by molar-refractivity contribution is 9.08. The van der Waals surface area contributed by atoms with Crippen molar-refractivity contribution in [1.29, 1.82) is 0 Å². The Kier molecular flexibility index (Phi) is 4.22. The average molecular weight is 336 g/mol. The lowest BCUT2D eigenvalue weighted by atomic mass is 10.1. The van der Waals surface area contributed by atoms with E-state index >= 15 is 0 Å². The normalized spacial score (nSPS) is 19.1. The summed E-state index contributed by atoms with van der Waals surface area (Å²) < 4.78 is 28.1. The van der Waals surface area contributed by atoms with Crippen LogP contribution in [0.15, 0.2) is 12.1 Å². The highest BCUT2D eigenvalue weighted by Gasteiger charge is 2.30. The van der Waals surface area contributed by atoms with Gasteiger partial charge in [0.2, 0.25) is 0 Å². The van der Waals surface area contributed by atoms with Crippen LogP contribution in [0, 0.1) is 11.6 Å². The van der Waals surface area contributed by atoms with Gasteiger partial charge < -0.3 is 4.90 Å². The van der Waals surface area contributed by atoms with Gasteiger partial charge in [0.05, 0.1) is 0 Å². The quantitative estimate of drug-likeness (QED) is 0.745. The van der Waals surface area contributed by atoms with Crippen molar-refractivity contribution in [2.45, 2.75) is 23.9 Å². The third-order valence-electron chi connectivity index (χ3n) is 2.97. The van der Waals surface area contributed by atoms with Crippen LogP contribution in [0.5, 0.6) is 0 Å². The molecule has 1 saturated heterocycles. The first kappa shape index (κ1) is 14.1. The van der Waals surface area contributed by atoms with E-state index in [1.807, 2.05) is 16.7 Å². The molecule has 100 valence electrons. The maximum Gasteiger partial charge on any atom is 0.149 e. The second-order valence-corrected chi connectivity index (χ2v) is 7.43. The molecule has 1 aromatic rings. The summed E-state index contributed by atoms with van der Waals surface area (Å²) in [5.41, 5.74) is 0.743. The molecule has 1 nitrogen and oxygen atoms in total. The lowest BCUT2D eigenvalue weighted by Gasteiger charge is -2.39. The molecule has 0 saturated carbocycles. The smallest absolute Gasteiger partial charge is 0.149 e. The second-order valence-electron chi connectivity index (χ2n) is 5.07. The van der Waals surface area contributed by atoms with E-state index < -0.39 is 11.6 Å². The predicted octanol–water partition coefficient (Wildman–Crippen LogP) is 4.19. The van der Waals surface area contributed by atoms with Gasteiger partial charge in [-0.2, -0.15) is 11.8 Å². The Morgan fingerprint density at radius 2 is 1.94 bits per heavy atom. The Labute approximate surface area is 119 Å². The van der Waals surface area contributed by atoms with Gasteiger partial charge in [-0.05, 0) is 31.5 Å². The molecule has 1 aliphatic heterocycles. The molecule has 0 N–H and O–H groups in total. The summed E-state index contributed by atoms with van der Waals surface area (Å²) in [6, 6.07) is 2.81. The predicted molar refractivity (Wildman–Crippen MR) is 77.7 cm³/mol. The summed E-state index contributed by atoms with van der Waals surface area (Å²) in [6.07, 6.45) is 0. The third-order valence-corrected chi connectivity index (χ3v) is 4.92. The molecule has 0 aliphatic carbocycles. The molecular weight excluding hydrogens is 320 g/mol. The van der Waals surface area contributed by atoms with Gasteiger partial charge in [0.25, 0.3) is 0 Å². The molecule has 1 aliphatic rings. The maximum atomic E-state index is 14.0. The zero-order valence-corrected chi connectivity index (χ0v) is 12.9. The lowest BCUT2D eigenvalue weighted by Crippen LogP contribution is -2.44. The minimum atomic E-state index is -0.466. The van der Waals surface area contributed by atoms with Crippen molar-refractivity contribution < 1.29 is 8.78 Å². The monoisotopic (exact) mass is 335 g/mol. The Bertz CT molecular complexity index is 428. The van der Waals surface area contributed by atoms with Crippen LogP contribution in [-0.4, -0.2) is 23.6 Å². The van der Waals surface area contributed by atoms with Gasteiger partial charge >= 0.3 is 0 Å². The van der Waals surface area contributed by atoms with Crippen LogP contribution in [0.25, 0.3) is 0 Å². The molecule has 5 heteroatoms. The van der Waals surface area contributed by atoms with Crippen molar-refractivity contribution in [1.82, 2.24) is 0 Å². The number of nitrogens with zero attached hydrogens (tertiary/aromatic N) is 1. The van der Waals surface area contributed by atoms with Crippen LogP contribution >= 0.6 is 27.7 Å². The van der Waals surface area contributed by atoms with E-state index in [1.54, 1.807) is 0 Å². The first-order valence-corrected chi connectivity index (χ1v) is 7.96. The fraction of sp³-hybridized carbons (Fsp3) is 0.538. The van der Waals surface area contributed by atoms with Gasteiger partial charge in [-0.15, -0.1) is 0 Å². The molecule has 0 radical (unpaired) electrons. The Morgan fingerprint density at radius 1 is 1.33 bits per heavy atom. The van der Waals surface area contributed by atoms with Crippen LogP contribution < -0.4 is 4.90 Å². The van der Waals surface area contributed by atoms with Gasteiger partial charge in [-0.1, -0.05) is 15.9 Å². The molecule has 0 bridgehead atoms. The molecule has 1 fully saturated rings. The van der Waals surface area contributed by atoms with E-state index in [2.05, 4.69) is 29.8 Å². The van der Waals surface area contributed by atoms with Crippen LogP contribution in [0.1, 0.15) is 19.4 Å². The SMILES string of the molecule is CC1(C)CN(c2c(F)cc(CBr)cc2F)CCS1. The van der Waals surface area contributed by atoms with Gasteiger partial charge in [0.15, 0.2) is 0 Å². The van der Waals surface area contributed by atoms with Crippen LogP contribution in [0.3, 0.4) is 0 Å². The van der Waals surface area contributed by atoms with Crippen molar-refractivity contribution in [2.75, 3.05) is 23.7 Å². The molecule has 18 heavy (non-hydrogen) atoms. The summed E-state index contributed by atoms with van der Waals surface area (Å²) in [4.78, 5) is 1.82. The molecule has 0 amide bonds. The second kappa shape index (κ2) is 5.37. The van der Waals surface area contributed by atoms with Crippen molar-refractivity contribution in [2.24, 2.45) is 0 Å². The standard InChI is InChI=1S/C13H16BrF2NS/c1-13(2)8-17(3-4-18-13)12-10(15)5-9(7-14)6-11(12)16/h5-6H,3-4,7-8H2,1-2H3. The molecule has 1 aromatic carbocycles. The van der Waals surface area contributed by atoms with Gasteiger partial charge in [0.1, 0.15) is 17.3 Å². The highest BCUT2D eigenvalue weighted by atomic mass is 79.9. The summed E-state index contributed by atoms with van der Waals surface area (Å²) in [7, 11) is 0. The fourth-order valence-corrected chi connectivity index (χ4v) is 3.64. The molecule has 0 aromatic heterocycles. The van der Waals surface area contributed by atoms with Crippen LogP contribution in [0.4, 0.5) is 14.5 Å². The van der Waals surface area contributed by atoms with Crippen molar-refractivity contribution in [3.63, 3.8) is 0 Å². The topological polar surface area (TPSA) is 3.24 Å². The molecule has 1 heterocycles. The van der Waals surface area contributed by atoms with E-state index in [1.165, 1.54) is 12.1 Å². The number of anilines is 1. The zero-order valence-electron chi connectivity index (χ0n) is 10.5. The maximum absolute atomic E-state index is 14.0. The van der Waals surface area contributed by atoms with Crippen molar-refractivity contribution >= 4 is 33.4 Å². The third kappa shape index (κ3) is 2.99. The number of thioether (sulfide) groups is 1. The number of hydrogen-bond donors (Lipinski definition) is 0. The van der Waals surface area contributed by atoms with Gasteiger partial charge in [0, 0.05) is 28.9 Å². The lowest BCUT2D eigenvalue weighted by molar-refractivity contribution is 0.555. The number of alkyl halides is 1. The van der Waals surface area contributed by atoms with E-state index in [4.69, 9.17) is 0 Å². The average Bonchev–Trinajstić information content (AvgIpc) is 2.26. The van der Waals surface area contributed by atoms with Crippen LogP contribution in [-0.2, 0) is 5.33 Å². The Balaban J connectivity index is 2.33. The van der Waals surface area contributed by atoms with E-state index in [0.29, 0.717) is 24.0 Å². The van der Waals surface area contributed by atoms with E-state index in [9.17, 15) is 8.78 Å². The van der Waals surface area contributed by atoms with E-state index in [-0.39, 0.29) is 10.4 Å². The van der Waals surface area contributed by atoms with E-state index in [0.717, 1.165) is 5.75 Å². The zero-order chi connectivity index (χ0) is 13.3. The number of hydrogen-bond acceptors (Lipinski definition) is 2. The first-order valence-electron chi connectivity index (χ1n) is 5.86. The number of rotatable bonds is 2. The first-order chi connectivity index (χ1) is 8.43. The molecular formula is C13H16BrF2NS. The summed E-state index contributed by atoms with van der Waals surface area (Å²) >= 11 is 5.06. The van der Waals surface area contributed by atoms with Crippen LogP contribution in [0.2, 0.25) is 0 Å². The Morgan fingerprint density at radius 3 is 2.44 bits per heavy atom. The Hall–Kier alpha value is -0.290. The number of benzene rings is 1. The molecule has 0 unspecified atom stereocenters. The summed E-state index contributed by atoms with van der Waals surface area (Å²) in [6.45, 7) is 5.56. The highest BCUT2D eigenvalue weighted by Crippen LogP contribution is 2.34. The molecule has 0 spiro atoms. The van der Waals surface area contributed by atoms with Crippen molar-refractivity contribution in [3.8, 4) is 0 Å². The number of halogens is 3. The largest absolute Gasteiger partial charge is 0.365 e. The summed E-state index contributed by atoms with van der Waals surface area (Å²) in [5, 5.41) is 0.461. The minimum Gasteiger partial charge on any atom is -0.365 e. The summed E-state index contributed by atoms with van der Waals surface area (Å²) in [5.74, 6) is -0.0363. The van der Waals surface area contributed by atoms with Gasteiger partial charge in [-0.3, -0.25) is 0 Å².